The second kappa shape index (κ2) is 17.8. The Bertz CT molecular complexity index is 1980. The number of imide groups is 2. The third kappa shape index (κ3) is 10.0. The first-order valence-corrected chi connectivity index (χ1v) is 20.9. The molecule has 0 saturated carbocycles. The van der Waals surface area contributed by atoms with E-state index < -0.39 is 23.6 Å². The molecule has 5 N–H and O–H groups in total. The molecule has 6 heterocycles. The summed E-state index contributed by atoms with van der Waals surface area (Å²) in [6, 6.07) is 10.3. The number of benzene rings is 2. The van der Waals surface area contributed by atoms with E-state index in [1.54, 1.807) is 20.8 Å². The van der Waals surface area contributed by atoms with Crippen molar-refractivity contribution in [2.24, 2.45) is 11.8 Å². The lowest BCUT2D eigenvalue weighted by molar-refractivity contribution is -0.138. The number of carbonyl (C=O) groups excluding carboxylic acids is 7. The first-order valence-electron chi connectivity index (χ1n) is 20.9. The van der Waals surface area contributed by atoms with Crippen molar-refractivity contribution in [2.45, 2.75) is 103 Å². The van der Waals surface area contributed by atoms with E-state index in [2.05, 4.69) is 26.6 Å². The molecule has 2 atom stereocenters. The van der Waals surface area contributed by atoms with Crippen molar-refractivity contribution in [2.75, 3.05) is 49.9 Å². The van der Waals surface area contributed by atoms with Gasteiger partial charge in [-0.2, -0.15) is 0 Å². The lowest BCUT2D eigenvalue weighted by Crippen LogP contribution is -2.52. The van der Waals surface area contributed by atoms with Gasteiger partial charge in [-0.1, -0.05) is 0 Å². The van der Waals surface area contributed by atoms with Crippen LogP contribution in [0.2, 0.25) is 0 Å². The number of anilines is 2. The molecule has 8 rings (SSSR count). The number of piperidine rings is 4. The van der Waals surface area contributed by atoms with Crippen LogP contribution in [0.4, 0.5) is 16.2 Å². The standard InChI is InChI=1S/C24H32N4O5.C19H24N4O3/c1-24(2,3)33-23(32)27-10-8-15(9-11-27)13-25-17-4-5-18-16(12-17)14-28(22(18)31)19-6-7-20(29)26-21(19)30;24-17-4-3-16(18(25)22-17)23-11-13-9-14(1-2-15(13)19(23)26)21-10-12-5-7-20-8-6-12/h4-5,12,15,19,25H,6-11,13-14H2,1-3H3,(H,26,29,30);1-2,9,12,16,20-21H,3-8,10-11H2,(H,22,24,25). The number of hydrogen-bond donors (Lipinski definition) is 5. The van der Waals surface area contributed by atoms with Crippen molar-refractivity contribution in [3.63, 3.8) is 0 Å². The lowest BCUT2D eigenvalue weighted by Gasteiger charge is -2.33. The Morgan fingerprint density at radius 2 is 1.14 bits per heavy atom. The van der Waals surface area contributed by atoms with Crippen LogP contribution in [0, 0.1) is 11.8 Å². The second-order valence-corrected chi connectivity index (χ2v) is 17.4. The third-order valence-electron chi connectivity index (χ3n) is 12.0. The minimum atomic E-state index is -0.603. The zero-order valence-electron chi connectivity index (χ0n) is 34.2. The van der Waals surface area contributed by atoms with Crippen LogP contribution in [0.15, 0.2) is 36.4 Å². The molecule has 16 heteroatoms. The van der Waals surface area contributed by atoms with Crippen molar-refractivity contribution in [1.29, 1.82) is 0 Å². The summed E-state index contributed by atoms with van der Waals surface area (Å²) < 4.78 is 5.46. The van der Waals surface area contributed by atoms with E-state index in [0.29, 0.717) is 62.0 Å². The number of nitrogens with zero attached hydrogens (tertiary/aromatic N) is 3. The van der Waals surface area contributed by atoms with Crippen molar-refractivity contribution in [3.8, 4) is 0 Å². The summed E-state index contributed by atoms with van der Waals surface area (Å²) in [5.74, 6) is -0.497. The number of rotatable bonds is 8. The van der Waals surface area contributed by atoms with Gasteiger partial charge < -0.3 is 35.4 Å². The van der Waals surface area contributed by atoms with E-state index >= 15 is 0 Å². The van der Waals surface area contributed by atoms with Gasteiger partial charge in [0.2, 0.25) is 23.6 Å². The summed E-state index contributed by atoms with van der Waals surface area (Å²) in [6.07, 6.45) is 5.19. The average Bonchev–Trinajstić information content (AvgIpc) is 3.71. The van der Waals surface area contributed by atoms with Crippen LogP contribution in [0.3, 0.4) is 0 Å². The highest BCUT2D eigenvalue weighted by Crippen LogP contribution is 2.31. The average molecular weight is 813 g/mol. The van der Waals surface area contributed by atoms with E-state index in [4.69, 9.17) is 4.74 Å². The molecular formula is C43H56N8O8. The number of carbonyl (C=O) groups is 7. The van der Waals surface area contributed by atoms with Gasteiger partial charge in [0.1, 0.15) is 17.7 Å². The summed E-state index contributed by atoms with van der Waals surface area (Å²) in [5.41, 5.74) is 4.54. The van der Waals surface area contributed by atoms with Gasteiger partial charge in [-0.3, -0.25) is 39.4 Å². The predicted molar refractivity (Wildman–Crippen MR) is 218 cm³/mol. The summed E-state index contributed by atoms with van der Waals surface area (Å²) in [7, 11) is 0. The molecule has 2 aromatic carbocycles. The lowest BCUT2D eigenvalue weighted by atomic mass is 9.97. The fraction of sp³-hybridized carbons (Fsp3) is 0.558. The highest BCUT2D eigenvalue weighted by Gasteiger charge is 2.40. The number of amides is 7. The van der Waals surface area contributed by atoms with Crippen LogP contribution in [0.1, 0.15) is 104 Å². The number of ether oxygens (including phenoxy) is 1. The van der Waals surface area contributed by atoms with Crippen LogP contribution in [-0.4, -0.2) is 113 Å². The molecule has 2 aromatic rings. The highest BCUT2D eigenvalue weighted by atomic mass is 16.6. The molecular weight excluding hydrogens is 757 g/mol. The van der Waals surface area contributed by atoms with Gasteiger partial charge in [-0.25, -0.2) is 4.79 Å². The zero-order chi connectivity index (χ0) is 41.8. The topological polar surface area (TPSA) is 199 Å². The van der Waals surface area contributed by atoms with E-state index in [0.717, 1.165) is 61.5 Å². The van der Waals surface area contributed by atoms with Gasteiger partial charge >= 0.3 is 6.09 Å². The molecule has 0 aromatic heterocycles. The molecule has 6 aliphatic heterocycles. The molecule has 0 radical (unpaired) electrons. The fourth-order valence-electron chi connectivity index (χ4n) is 8.63. The van der Waals surface area contributed by atoms with E-state index in [1.807, 2.05) is 51.1 Å². The number of nitrogens with one attached hydrogen (secondary N) is 5. The summed E-state index contributed by atoms with van der Waals surface area (Å²) in [4.78, 5) is 89.7. The summed E-state index contributed by atoms with van der Waals surface area (Å²) >= 11 is 0. The van der Waals surface area contributed by atoms with Crippen molar-refractivity contribution < 1.29 is 38.3 Å². The monoisotopic (exact) mass is 812 g/mol. The number of fused-ring (bicyclic) bond motifs is 2. The molecule has 0 aliphatic carbocycles. The van der Waals surface area contributed by atoms with E-state index in [9.17, 15) is 33.6 Å². The highest BCUT2D eigenvalue weighted by molar-refractivity contribution is 6.06. The van der Waals surface area contributed by atoms with E-state index in [-0.39, 0.29) is 48.5 Å². The van der Waals surface area contributed by atoms with Gasteiger partial charge in [0, 0.05) is 74.6 Å². The fourth-order valence-corrected chi connectivity index (χ4v) is 8.63. The van der Waals surface area contributed by atoms with Crippen LogP contribution in [-0.2, 0) is 37.0 Å². The predicted octanol–water partition coefficient (Wildman–Crippen LogP) is 3.37. The van der Waals surface area contributed by atoms with Crippen molar-refractivity contribution in [3.05, 3.63) is 58.7 Å². The number of likely N-dealkylation sites (tertiary alicyclic amines) is 1. The Morgan fingerprint density at radius 1 is 0.678 bits per heavy atom. The summed E-state index contributed by atoms with van der Waals surface area (Å²) in [5, 5.41) is 15.0. The van der Waals surface area contributed by atoms with Crippen LogP contribution >= 0.6 is 0 Å². The maximum Gasteiger partial charge on any atom is 0.410 e. The van der Waals surface area contributed by atoms with Gasteiger partial charge in [-0.05, 0) is 132 Å². The van der Waals surface area contributed by atoms with Gasteiger partial charge in [0.25, 0.3) is 11.8 Å². The normalized spacial score (nSPS) is 22.6. The molecule has 59 heavy (non-hydrogen) atoms. The molecule has 4 saturated heterocycles. The van der Waals surface area contributed by atoms with Gasteiger partial charge in [0.15, 0.2) is 0 Å². The Kier molecular flexibility index (Phi) is 12.5. The van der Waals surface area contributed by atoms with Crippen LogP contribution in [0.25, 0.3) is 0 Å². The molecule has 0 bridgehead atoms. The third-order valence-corrected chi connectivity index (χ3v) is 12.0. The van der Waals surface area contributed by atoms with Gasteiger partial charge in [-0.15, -0.1) is 0 Å². The number of hydrogen-bond acceptors (Lipinski definition) is 11. The Balaban J connectivity index is 0.000000184. The van der Waals surface area contributed by atoms with Crippen LogP contribution < -0.4 is 26.6 Å². The SMILES string of the molecule is CC(C)(C)OC(=O)N1CCC(CNc2ccc3c(c2)CN(C2CCC(=O)NC2=O)C3=O)CC1.O=C1CCC(N2Cc3cc(NCC4CCNCC4)ccc3C2=O)C(=O)N1. The van der Waals surface area contributed by atoms with E-state index in [1.165, 1.54) is 12.8 Å². The Morgan fingerprint density at radius 3 is 1.58 bits per heavy atom. The van der Waals surface area contributed by atoms with Gasteiger partial charge in [0.05, 0.1) is 0 Å². The largest absolute Gasteiger partial charge is 0.444 e. The zero-order valence-corrected chi connectivity index (χ0v) is 34.2. The first-order chi connectivity index (χ1) is 28.2. The molecule has 16 nitrogen and oxygen atoms in total. The molecule has 7 amide bonds. The quantitative estimate of drug-likeness (QED) is 0.245. The Hall–Kier alpha value is -5.51. The second-order valence-electron chi connectivity index (χ2n) is 17.4. The molecule has 0 spiro atoms. The van der Waals surface area contributed by atoms with Crippen LogP contribution in [0.5, 0.6) is 0 Å². The molecule has 316 valence electrons. The first kappa shape index (κ1) is 41.6. The molecule has 4 fully saturated rings. The van der Waals surface area contributed by atoms with Crippen molar-refractivity contribution >= 4 is 52.9 Å². The smallest absolute Gasteiger partial charge is 0.410 e. The summed E-state index contributed by atoms with van der Waals surface area (Å²) in [6.45, 7) is 11.6. The minimum absolute atomic E-state index is 0.126. The molecule has 2 unspecified atom stereocenters. The maximum absolute atomic E-state index is 12.8. The maximum atomic E-state index is 12.8. The molecule has 6 aliphatic rings. The Labute approximate surface area is 344 Å². The van der Waals surface area contributed by atoms with Crippen molar-refractivity contribution in [1.82, 2.24) is 30.7 Å². The minimum Gasteiger partial charge on any atom is -0.444 e.